The summed E-state index contributed by atoms with van der Waals surface area (Å²) in [6.07, 6.45) is 3.26. The van der Waals surface area contributed by atoms with Crippen LogP contribution in [0.4, 0.5) is 20.3 Å². The number of aromatic nitrogens is 4. The van der Waals surface area contributed by atoms with Crippen molar-refractivity contribution in [2.75, 3.05) is 36.4 Å². The number of carbonyl (C=O) groups is 1. The fourth-order valence-electron chi connectivity index (χ4n) is 3.53. The van der Waals surface area contributed by atoms with Crippen molar-refractivity contribution in [3.63, 3.8) is 0 Å². The van der Waals surface area contributed by atoms with E-state index in [0.29, 0.717) is 26.2 Å². The van der Waals surface area contributed by atoms with Crippen LogP contribution in [-0.4, -0.2) is 62.8 Å². The van der Waals surface area contributed by atoms with Gasteiger partial charge in [0.1, 0.15) is 29.5 Å². The molecule has 10 heteroatoms. The second kappa shape index (κ2) is 7.70. The Bertz CT molecular complexity index is 1030. The molecular weight excluding hydrogens is 380 g/mol. The van der Waals surface area contributed by atoms with Crippen molar-refractivity contribution in [3.05, 3.63) is 42.4 Å². The normalized spacial score (nSPS) is 16.2. The highest BCUT2D eigenvalue weighted by Crippen LogP contribution is 2.24. The molecule has 2 aromatic heterocycles. The molecule has 1 fully saturated rings. The molecule has 3 aromatic rings. The summed E-state index contributed by atoms with van der Waals surface area (Å²) >= 11 is 0. The summed E-state index contributed by atoms with van der Waals surface area (Å²) in [6.45, 7) is 4.27. The second-order valence-corrected chi connectivity index (χ2v) is 6.99. The van der Waals surface area contributed by atoms with E-state index >= 15 is 0 Å². The van der Waals surface area contributed by atoms with Gasteiger partial charge in [-0.3, -0.25) is 14.4 Å². The van der Waals surface area contributed by atoms with Gasteiger partial charge >= 0.3 is 0 Å². The molecule has 1 amide bonds. The SMILES string of the molecule is C[C@H](C(=O)Nc1c(F)cccc1F)N1CCN(c2ncnc3c2cnn3C)CC1. The largest absolute Gasteiger partial charge is 0.353 e. The standard InChI is InChI=1S/C19H21F2N7O/c1-12(19(29)25-16-14(20)4-3-5-15(16)21)27-6-8-28(9-7-27)18-13-10-24-26(2)17(13)22-11-23-18/h3-5,10-12H,6-9H2,1-2H3,(H,25,29)/t12-/m1/s1. The molecule has 0 radical (unpaired) electrons. The summed E-state index contributed by atoms with van der Waals surface area (Å²) in [6, 6.07) is 2.96. The number of anilines is 2. The summed E-state index contributed by atoms with van der Waals surface area (Å²) < 4.78 is 29.3. The Labute approximate surface area is 166 Å². The van der Waals surface area contributed by atoms with Crippen molar-refractivity contribution >= 4 is 28.4 Å². The van der Waals surface area contributed by atoms with Gasteiger partial charge in [-0.1, -0.05) is 6.07 Å². The van der Waals surface area contributed by atoms with Crippen LogP contribution in [-0.2, 0) is 11.8 Å². The number of nitrogens with zero attached hydrogens (tertiary/aromatic N) is 6. The first-order valence-electron chi connectivity index (χ1n) is 9.32. The Morgan fingerprint density at radius 3 is 2.52 bits per heavy atom. The third kappa shape index (κ3) is 3.63. The number of aryl methyl sites for hydroxylation is 1. The minimum atomic E-state index is -0.792. The number of carbonyl (C=O) groups excluding carboxylic acids is 1. The molecule has 4 rings (SSSR count). The molecule has 8 nitrogen and oxygen atoms in total. The third-order valence-electron chi connectivity index (χ3n) is 5.26. The molecule has 1 aliphatic heterocycles. The van der Waals surface area contributed by atoms with Crippen molar-refractivity contribution in [2.45, 2.75) is 13.0 Å². The molecule has 1 atom stereocenters. The number of para-hydroxylation sites is 1. The average molecular weight is 401 g/mol. The molecule has 0 aliphatic carbocycles. The Kier molecular flexibility index (Phi) is 5.10. The van der Waals surface area contributed by atoms with E-state index in [2.05, 4.69) is 25.3 Å². The van der Waals surface area contributed by atoms with Crippen molar-refractivity contribution < 1.29 is 13.6 Å². The molecule has 3 heterocycles. The quantitative estimate of drug-likeness (QED) is 0.718. The van der Waals surface area contributed by atoms with Gasteiger partial charge in [0.2, 0.25) is 5.91 Å². The van der Waals surface area contributed by atoms with Gasteiger partial charge in [0.05, 0.1) is 17.6 Å². The Hall–Kier alpha value is -3.14. The fourth-order valence-corrected chi connectivity index (χ4v) is 3.53. The first-order valence-corrected chi connectivity index (χ1v) is 9.32. The van der Waals surface area contributed by atoms with Gasteiger partial charge in [0, 0.05) is 33.2 Å². The smallest absolute Gasteiger partial charge is 0.241 e. The van der Waals surface area contributed by atoms with Crippen LogP contribution in [0.15, 0.2) is 30.7 Å². The molecular formula is C19H21F2N7O. The van der Waals surface area contributed by atoms with Gasteiger partial charge < -0.3 is 10.2 Å². The number of rotatable bonds is 4. The summed E-state index contributed by atoms with van der Waals surface area (Å²) in [5.41, 5.74) is 0.347. The first-order chi connectivity index (χ1) is 14.0. The maximum Gasteiger partial charge on any atom is 0.241 e. The zero-order valence-corrected chi connectivity index (χ0v) is 16.1. The number of halogens is 2. The first kappa shape index (κ1) is 19.2. The highest BCUT2D eigenvalue weighted by atomic mass is 19.1. The van der Waals surface area contributed by atoms with Gasteiger partial charge in [-0.05, 0) is 19.1 Å². The lowest BCUT2D eigenvalue weighted by Gasteiger charge is -2.38. The molecule has 29 heavy (non-hydrogen) atoms. The van der Waals surface area contributed by atoms with Crippen molar-refractivity contribution in [1.82, 2.24) is 24.6 Å². The number of benzene rings is 1. The maximum atomic E-state index is 13.8. The lowest BCUT2D eigenvalue weighted by molar-refractivity contribution is -0.120. The van der Waals surface area contributed by atoms with Crippen LogP contribution < -0.4 is 10.2 Å². The van der Waals surface area contributed by atoms with Crippen LogP contribution in [0.5, 0.6) is 0 Å². The number of fused-ring (bicyclic) bond motifs is 1. The highest BCUT2D eigenvalue weighted by molar-refractivity contribution is 5.94. The minimum Gasteiger partial charge on any atom is -0.353 e. The van der Waals surface area contributed by atoms with Gasteiger partial charge in [-0.25, -0.2) is 18.7 Å². The molecule has 0 spiro atoms. The molecule has 0 unspecified atom stereocenters. The molecule has 1 aliphatic rings. The Morgan fingerprint density at radius 1 is 1.14 bits per heavy atom. The van der Waals surface area contributed by atoms with Crippen LogP contribution in [0.25, 0.3) is 11.0 Å². The molecule has 1 N–H and O–H groups in total. The van der Waals surface area contributed by atoms with Gasteiger partial charge in [0.15, 0.2) is 5.65 Å². The molecule has 1 aromatic carbocycles. The van der Waals surface area contributed by atoms with E-state index in [1.54, 1.807) is 17.8 Å². The second-order valence-electron chi connectivity index (χ2n) is 6.99. The summed E-state index contributed by atoms with van der Waals surface area (Å²) in [7, 11) is 1.83. The zero-order valence-electron chi connectivity index (χ0n) is 16.1. The van der Waals surface area contributed by atoms with Crippen LogP contribution in [0.3, 0.4) is 0 Å². The third-order valence-corrected chi connectivity index (χ3v) is 5.26. The lowest BCUT2D eigenvalue weighted by Crippen LogP contribution is -2.53. The van der Waals surface area contributed by atoms with E-state index in [0.717, 1.165) is 29.0 Å². The predicted molar refractivity (Wildman–Crippen MR) is 105 cm³/mol. The van der Waals surface area contributed by atoms with Crippen LogP contribution in [0.1, 0.15) is 6.92 Å². The van der Waals surface area contributed by atoms with E-state index in [1.165, 1.54) is 12.4 Å². The fraction of sp³-hybridized carbons (Fsp3) is 0.368. The number of hydrogen-bond acceptors (Lipinski definition) is 6. The van der Waals surface area contributed by atoms with Crippen LogP contribution in [0, 0.1) is 11.6 Å². The molecule has 152 valence electrons. The molecule has 1 saturated heterocycles. The summed E-state index contributed by atoms with van der Waals surface area (Å²) in [5, 5.41) is 7.48. The molecule has 0 saturated carbocycles. The lowest BCUT2D eigenvalue weighted by atomic mass is 10.2. The minimum absolute atomic E-state index is 0.414. The van der Waals surface area contributed by atoms with Crippen molar-refractivity contribution in [3.8, 4) is 0 Å². The van der Waals surface area contributed by atoms with E-state index in [-0.39, 0.29) is 0 Å². The Balaban J connectivity index is 1.42. The van der Waals surface area contributed by atoms with Crippen LogP contribution in [0.2, 0.25) is 0 Å². The molecule has 0 bridgehead atoms. The van der Waals surface area contributed by atoms with Crippen LogP contribution >= 0.6 is 0 Å². The van der Waals surface area contributed by atoms with E-state index < -0.39 is 29.3 Å². The number of amides is 1. The van der Waals surface area contributed by atoms with Crippen molar-refractivity contribution in [1.29, 1.82) is 0 Å². The van der Waals surface area contributed by atoms with Gasteiger partial charge in [-0.15, -0.1) is 0 Å². The van der Waals surface area contributed by atoms with E-state index in [1.807, 2.05) is 11.9 Å². The number of nitrogens with one attached hydrogen (secondary N) is 1. The van der Waals surface area contributed by atoms with Gasteiger partial charge in [-0.2, -0.15) is 5.10 Å². The van der Waals surface area contributed by atoms with E-state index in [9.17, 15) is 13.6 Å². The van der Waals surface area contributed by atoms with Gasteiger partial charge in [0.25, 0.3) is 0 Å². The predicted octanol–water partition coefficient (Wildman–Crippen LogP) is 1.79. The number of hydrogen-bond donors (Lipinski definition) is 1. The summed E-state index contributed by atoms with van der Waals surface area (Å²) in [4.78, 5) is 25.3. The Morgan fingerprint density at radius 2 is 1.83 bits per heavy atom. The highest BCUT2D eigenvalue weighted by Gasteiger charge is 2.28. The van der Waals surface area contributed by atoms with E-state index in [4.69, 9.17) is 0 Å². The topological polar surface area (TPSA) is 79.2 Å². The zero-order chi connectivity index (χ0) is 20.5. The number of piperazine rings is 1. The maximum absolute atomic E-state index is 13.8. The monoisotopic (exact) mass is 401 g/mol. The average Bonchev–Trinajstić information content (AvgIpc) is 3.11. The summed E-state index contributed by atoms with van der Waals surface area (Å²) in [5.74, 6) is -1.22. The van der Waals surface area contributed by atoms with Crippen molar-refractivity contribution in [2.24, 2.45) is 7.05 Å².